The van der Waals surface area contributed by atoms with Crippen LogP contribution < -0.4 is 5.73 Å². The van der Waals surface area contributed by atoms with E-state index in [9.17, 15) is 4.39 Å². The Kier molecular flexibility index (Phi) is 6.10. The number of imidazole rings is 1. The van der Waals surface area contributed by atoms with Crippen molar-refractivity contribution in [2.45, 2.75) is 25.3 Å². The summed E-state index contributed by atoms with van der Waals surface area (Å²) < 4.78 is 21.1. The fourth-order valence-corrected chi connectivity index (χ4v) is 5.48. The maximum atomic E-state index is 13.7. The molecule has 2 aromatic carbocycles. The molecule has 3 aromatic heterocycles. The van der Waals surface area contributed by atoms with Crippen molar-refractivity contribution in [3.8, 4) is 22.4 Å². The summed E-state index contributed by atoms with van der Waals surface area (Å²) in [5, 5.41) is 1.93. The average Bonchev–Trinajstić information content (AvgIpc) is 3.32. The van der Waals surface area contributed by atoms with E-state index >= 15 is 0 Å². The summed E-state index contributed by atoms with van der Waals surface area (Å²) in [5.41, 5.74) is 13.7. The van der Waals surface area contributed by atoms with Gasteiger partial charge in [0.05, 0.1) is 11.9 Å². The maximum absolute atomic E-state index is 13.7. The molecule has 1 saturated heterocycles. The van der Waals surface area contributed by atoms with Gasteiger partial charge in [0.1, 0.15) is 17.3 Å². The molecule has 1 aliphatic rings. The molecule has 7 heteroatoms. The molecule has 0 spiro atoms. The Bertz CT molecular complexity index is 1600. The lowest BCUT2D eigenvalue weighted by atomic mass is 9.86. The molecule has 37 heavy (non-hydrogen) atoms. The van der Waals surface area contributed by atoms with Gasteiger partial charge < -0.3 is 15.4 Å². The van der Waals surface area contributed by atoms with Crippen LogP contribution in [0.4, 0.5) is 10.2 Å². The van der Waals surface area contributed by atoms with Gasteiger partial charge in [0.2, 0.25) is 0 Å². The molecule has 0 unspecified atom stereocenters. The molecular formula is C30H30FN5O. The SMILES string of the molecule is CN(C)Cc1cc(-c2cnc(N)c3cc(-c4cnc5cc(F)ccn45)ccc23)ccc1C1CCOCC1. The topological polar surface area (TPSA) is 68.7 Å². The van der Waals surface area contributed by atoms with Crippen LogP contribution in [0.25, 0.3) is 38.8 Å². The van der Waals surface area contributed by atoms with Crippen LogP contribution in [0.2, 0.25) is 0 Å². The van der Waals surface area contributed by atoms with Crippen LogP contribution in [0.3, 0.4) is 0 Å². The van der Waals surface area contributed by atoms with Crippen molar-refractivity contribution in [2.75, 3.05) is 33.0 Å². The number of nitrogens with zero attached hydrogens (tertiary/aromatic N) is 4. The third-order valence-electron chi connectivity index (χ3n) is 7.29. The van der Waals surface area contributed by atoms with Gasteiger partial charge in [0.15, 0.2) is 0 Å². The van der Waals surface area contributed by atoms with Crippen LogP contribution in [0.15, 0.2) is 67.1 Å². The van der Waals surface area contributed by atoms with E-state index in [0.717, 1.165) is 65.8 Å². The van der Waals surface area contributed by atoms with Gasteiger partial charge in [0.25, 0.3) is 0 Å². The van der Waals surface area contributed by atoms with E-state index in [1.165, 1.54) is 23.3 Å². The van der Waals surface area contributed by atoms with Crippen molar-refractivity contribution >= 4 is 22.2 Å². The minimum absolute atomic E-state index is 0.308. The van der Waals surface area contributed by atoms with E-state index in [0.29, 0.717) is 17.4 Å². The number of nitrogen functional groups attached to an aromatic ring is 1. The second kappa shape index (κ2) is 9.57. The number of rotatable bonds is 5. The quantitative estimate of drug-likeness (QED) is 0.329. The summed E-state index contributed by atoms with van der Waals surface area (Å²) in [6.45, 7) is 2.52. The molecule has 0 saturated carbocycles. The van der Waals surface area contributed by atoms with Crippen molar-refractivity contribution < 1.29 is 9.13 Å². The number of benzene rings is 2. The third-order valence-corrected chi connectivity index (χ3v) is 7.29. The lowest BCUT2D eigenvalue weighted by molar-refractivity contribution is 0.0850. The van der Waals surface area contributed by atoms with Gasteiger partial charge in [-0.2, -0.15) is 0 Å². The highest BCUT2D eigenvalue weighted by molar-refractivity contribution is 6.03. The standard InChI is InChI=1S/C30H30FN5O/c1-35(2)18-22-13-20(3-5-24(22)19-8-11-37-12-9-19)27-16-34-30(32)26-14-21(4-6-25(26)27)28-17-33-29-15-23(31)7-10-36(28)29/h3-7,10,13-17,19H,8-9,11-12,18H2,1-2H3,(H2,32,34). The average molecular weight is 496 g/mol. The summed E-state index contributed by atoms with van der Waals surface area (Å²) in [6, 6.07) is 15.9. The molecule has 6 nitrogen and oxygen atoms in total. The fourth-order valence-electron chi connectivity index (χ4n) is 5.48. The smallest absolute Gasteiger partial charge is 0.140 e. The molecule has 1 aliphatic heterocycles. The Morgan fingerprint density at radius 1 is 0.973 bits per heavy atom. The Morgan fingerprint density at radius 3 is 2.59 bits per heavy atom. The predicted molar refractivity (Wildman–Crippen MR) is 146 cm³/mol. The maximum Gasteiger partial charge on any atom is 0.140 e. The van der Waals surface area contributed by atoms with Crippen molar-refractivity contribution in [3.63, 3.8) is 0 Å². The van der Waals surface area contributed by atoms with Gasteiger partial charge in [-0.3, -0.25) is 4.40 Å². The first-order valence-corrected chi connectivity index (χ1v) is 12.6. The summed E-state index contributed by atoms with van der Waals surface area (Å²) in [4.78, 5) is 11.1. The van der Waals surface area contributed by atoms with Crippen LogP contribution in [-0.2, 0) is 11.3 Å². The lowest BCUT2D eigenvalue weighted by Crippen LogP contribution is -2.18. The highest BCUT2D eigenvalue weighted by atomic mass is 19.1. The van der Waals surface area contributed by atoms with Crippen LogP contribution in [-0.4, -0.2) is 46.6 Å². The van der Waals surface area contributed by atoms with Crippen LogP contribution in [0.5, 0.6) is 0 Å². The summed E-state index contributed by atoms with van der Waals surface area (Å²) in [7, 11) is 4.22. The summed E-state index contributed by atoms with van der Waals surface area (Å²) >= 11 is 0. The van der Waals surface area contributed by atoms with E-state index in [4.69, 9.17) is 10.5 Å². The number of halogens is 1. The first kappa shape index (κ1) is 23.6. The first-order chi connectivity index (χ1) is 18.0. The molecule has 0 bridgehead atoms. The predicted octanol–water partition coefficient (Wildman–Crippen LogP) is 5.89. The van der Waals surface area contributed by atoms with Gasteiger partial charge >= 0.3 is 0 Å². The number of hydrogen-bond donors (Lipinski definition) is 1. The van der Waals surface area contributed by atoms with Gasteiger partial charge in [-0.1, -0.05) is 24.3 Å². The minimum atomic E-state index is -0.308. The van der Waals surface area contributed by atoms with Crippen LogP contribution in [0, 0.1) is 5.82 Å². The second-order valence-corrected chi connectivity index (χ2v) is 10.1. The largest absolute Gasteiger partial charge is 0.383 e. The molecule has 188 valence electrons. The van der Waals surface area contributed by atoms with Crippen molar-refractivity contribution in [1.82, 2.24) is 19.3 Å². The number of pyridine rings is 2. The van der Waals surface area contributed by atoms with Gasteiger partial charge in [-0.25, -0.2) is 14.4 Å². The summed E-state index contributed by atoms with van der Waals surface area (Å²) in [5.74, 6) is 0.700. The van der Waals surface area contributed by atoms with E-state index in [1.54, 1.807) is 12.4 Å². The Balaban J connectivity index is 1.45. The zero-order chi connectivity index (χ0) is 25.5. The third kappa shape index (κ3) is 4.45. The zero-order valence-corrected chi connectivity index (χ0v) is 21.1. The molecule has 0 atom stereocenters. The molecule has 2 N–H and O–H groups in total. The monoisotopic (exact) mass is 495 g/mol. The summed E-state index contributed by atoms with van der Waals surface area (Å²) in [6.07, 6.45) is 7.44. The van der Waals surface area contributed by atoms with Gasteiger partial charge in [-0.05, 0) is 73.1 Å². The Hall–Kier alpha value is -3.81. The zero-order valence-electron chi connectivity index (χ0n) is 21.1. The number of ether oxygens (including phenoxy) is 1. The Labute approximate surface area is 215 Å². The van der Waals surface area contributed by atoms with Crippen LogP contribution in [0.1, 0.15) is 29.9 Å². The molecular weight excluding hydrogens is 465 g/mol. The molecule has 1 fully saturated rings. The number of fused-ring (bicyclic) bond motifs is 2. The molecule has 5 aromatic rings. The number of nitrogens with two attached hydrogens (primary N) is 1. The number of aromatic nitrogens is 3. The molecule has 6 rings (SSSR count). The molecule has 4 heterocycles. The van der Waals surface area contributed by atoms with Crippen molar-refractivity contribution in [1.29, 1.82) is 0 Å². The van der Waals surface area contributed by atoms with Crippen molar-refractivity contribution in [3.05, 3.63) is 84.1 Å². The minimum Gasteiger partial charge on any atom is -0.383 e. The van der Waals surface area contributed by atoms with E-state index in [2.05, 4.69) is 59.3 Å². The second-order valence-electron chi connectivity index (χ2n) is 10.1. The van der Waals surface area contributed by atoms with Crippen LogP contribution >= 0.6 is 0 Å². The molecule has 0 radical (unpaired) electrons. The number of anilines is 1. The van der Waals surface area contributed by atoms with E-state index in [-0.39, 0.29) is 5.82 Å². The highest BCUT2D eigenvalue weighted by Gasteiger charge is 2.20. The van der Waals surface area contributed by atoms with E-state index < -0.39 is 0 Å². The normalized spacial score (nSPS) is 14.7. The fraction of sp³-hybridized carbons (Fsp3) is 0.267. The first-order valence-electron chi connectivity index (χ1n) is 12.6. The van der Waals surface area contributed by atoms with Gasteiger partial charge in [0, 0.05) is 54.7 Å². The van der Waals surface area contributed by atoms with Crippen molar-refractivity contribution in [2.24, 2.45) is 0 Å². The van der Waals surface area contributed by atoms with E-state index in [1.807, 2.05) is 16.7 Å². The van der Waals surface area contributed by atoms with Gasteiger partial charge in [-0.15, -0.1) is 0 Å². The molecule has 0 amide bonds. The Morgan fingerprint density at radius 2 is 1.78 bits per heavy atom. The molecule has 0 aliphatic carbocycles. The number of hydrogen-bond acceptors (Lipinski definition) is 5. The highest BCUT2D eigenvalue weighted by Crippen LogP contribution is 2.37. The lowest BCUT2D eigenvalue weighted by Gasteiger charge is -2.26.